The second kappa shape index (κ2) is 5.08. The Hall–Kier alpha value is -0.770. The first-order valence-corrected chi connectivity index (χ1v) is 5.90. The second-order valence-electron chi connectivity index (χ2n) is 3.88. The summed E-state index contributed by atoms with van der Waals surface area (Å²) >= 11 is 10.8. The summed E-state index contributed by atoms with van der Waals surface area (Å²) in [4.78, 5) is 3.92. The molecule has 2 heterocycles. The monoisotopic (exact) mass is 293 g/mol. The Morgan fingerprint density at radius 1 is 1.56 bits per heavy atom. The van der Waals surface area contributed by atoms with Crippen LogP contribution in [0, 0.1) is 0 Å². The molecule has 1 aromatic rings. The third kappa shape index (κ3) is 2.11. The SMILES string of the molecule is NC(=S)c1ncn([C@@H]2O[C@H](CO)[C@@H](O)[C@H]2O)c1Cl. The van der Waals surface area contributed by atoms with Crippen molar-refractivity contribution in [2.45, 2.75) is 24.5 Å². The summed E-state index contributed by atoms with van der Waals surface area (Å²) in [6, 6.07) is 0. The summed E-state index contributed by atoms with van der Waals surface area (Å²) in [6.45, 7) is -0.413. The quantitative estimate of drug-likeness (QED) is 0.517. The third-order valence-corrected chi connectivity index (χ3v) is 3.33. The molecule has 0 saturated carbocycles. The summed E-state index contributed by atoms with van der Waals surface area (Å²) < 4.78 is 6.60. The molecule has 18 heavy (non-hydrogen) atoms. The fourth-order valence-corrected chi connectivity index (χ4v) is 2.29. The molecule has 0 bridgehead atoms. The van der Waals surface area contributed by atoms with Crippen molar-refractivity contribution in [3.63, 3.8) is 0 Å². The van der Waals surface area contributed by atoms with Crippen molar-refractivity contribution < 1.29 is 20.1 Å². The van der Waals surface area contributed by atoms with Gasteiger partial charge in [-0.15, -0.1) is 0 Å². The molecule has 7 nitrogen and oxygen atoms in total. The van der Waals surface area contributed by atoms with Crippen LogP contribution < -0.4 is 5.73 Å². The zero-order valence-electron chi connectivity index (χ0n) is 9.10. The lowest BCUT2D eigenvalue weighted by Gasteiger charge is -2.16. The van der Waals surface area contributed by atoms with Gasteiger partial charge in [-0.05, 0) is 0 Å². The molecule has 1 aromatic heterocycles. The lowest BCUT2D eigenvalue weighted by atomic mass is 10.1. The number of thiocarbonyl (C=S) groups is 1. The molecule has 0 aliphatic carbocycles. The minimum Gasteiger partial charge on any atom is -0.394 e. The highest BCUT2D eigenvalue weighted by Gasteiger charge is 2.44. The molecule has 0 amide bonds. The van der Waals surface area contributed by atoms with Crippen molar-refractivity contribution in [1.29, 1.82) is 0 Å². The molecule has 2 rings (SSSR count). The molecule has 1 aliphatic heterocycles. The van der Waals surface area contributed by atoms with Gasteiger partial charge in [-0.2, -0.15) is 0 Å². The highest BCUT2D eigenvalue weighted by molar-refractivity contribution is 7.80. The second-order valence-corrected chi connectivity index (χ2v) is 4.68. The number of rotatable bonds is 3. The van der Waals surface area contributed by atoms with Crippen LogP contribution in [0.4, 0.5) is 0 Å². The number of aromatic nitrogens is 2. The lowest BCUT2D eigenvalue weighted by Crippen LogP contribution is -2.33. The summed E-state index contributed by atoms with van der Waals surface area (Å²) in [5.74, 6) is 0. The highest BCUT2D eigenvalue weighted by Crippen LogP contribution is 2.32. The number of aliphatic hydroxyl groups is 3. The van der Waals surface area contributed by atoms with E-state index in [0.717, 1.165) is 0 Å². The number of hydrogen-bond acceptors (Lipinski definition) is 6. The van der Waals surface area contributed by atoms with E-state index in [0.29, 0.717) is 0 Å². The van der Waals surface area contributed by atoms with Crippen LogP contribution in [0.3, 0.4) is 0 Å². The number of halogens is 1. The van der Waals surface area contributed by atoms with Crippen LogP contribution in [0.15, 0.2) is 6.33 Å². The highest BCUT2D eigenvalue weighted by atomic mass is 35.5. The van der Waals surface area contributed by atoms with E-state index in [9.17, 15) is 10.2 Å². The van der Waals surface area contributed by atoms with E-state index in [2.05, 4.69) is 4.98 Å². The molecule has 1 saturated heterocycles. The normalized spacial score (nSPS) is 31.8. The molecule has 0 unspecified atom stereocenters. The first-order chi connectivity index (χ1) is 8.47. The van der Waals surface area contributed by atoms with Gasteiger partial charge in [0.1, 0.15) is 34.1 Å². The first kappa shape index (κ1) is 13.7. The van der Waals surface area contributed by atoms with E-state index in [-0.39, 0.29) is 15.8 Å². The van der Waals surface area contributed by atoms with Crippen molar-refractivity contribution in [3.05, 3.63) is 17.2 Å². The summed E-state index contributed by atoms with van der Waals surface area (Å²) in [5, 5.41) is 28.6. The number of nitrogens with two attached hydrogens (primary N) is 1. The smallest absolute Gasteiger partial charge is 0.165 e. The predicted octanol–water partition coefficient (Wildman–Crippen LogP) is -1.22. The molecule has 0 spiro atoms. The number of nitrogens with zero attached hydrogens (tertiary/aromatic N) is 2. The topological polar surface area (TPSA) is 114 Å². The van der Waals surface area contributed by atoms with Gasteiger partial charge in [0.25, 0.3) is 0 Å². The average molecular weight is 294 g/mol. The molecule has 100 valence electrons. The van der Waals surface area contributed by atoms with Gasteiger partial charge >= 0.3 is 0 Å². The fourth-order valence-electron chi connectivity index (χ4n) is 1.80. The Morgan fingerprint density at radius 2 is 2.22 bits per heavy atom. The van der Waals surface area contributed by atoms with E-state index in [1.54, 1.807) is 0 Å². The fraction of sp³-hybridized carbons (Fsp3) is 0.556. The zero-order valence-corrected chi connectivity index (χ0v) is 10.7. The zero-order chi connectivity index (χ0) is 13.4. The van der Waals surface area contributed by atoms with E-state index >= 15 is 0 Å². The number of imidazole rings is 1. The molecular weight excluding hydrogens is 282 g/mol. The Morgan fingerprint density at radius 3 is 2.67 bits per heavy atom. The predicted molar refractivity (Wildman–Crippen MR) is 66.1 cm³/mol. The van der Waals surface area contributed by atoms with Gasteiger partial charge in [0.2, 0.25) is 0 Å². The van der Waals surface area contributed by atoms with E-state index in [4.69, 9.17) is 39.4 Å². The lowest BCUT2D eigenvalue weighted by molar-refractivity contribution is -0.0526. The van der Waals surface area contributed by atoms with Crippen LogP contribution in [-0.4, -0.2) is 54.8 Å². The number of ether oxygens (including phenoxy) is 1. The minimum absolute atomic E-state index is 0.0190. The van der Waals surface area contributed by atoms with Gasteiger partial charge in [0.05, 0.1) is 12.9 Å². The van der Waals surface area contributed by atoms with E-state index in [1.165, 1.54) is 10.9 Å². The van der Waals surface area contributed by atoms with Crippen molar-refractivity contribution >= 4 is 28.8 Å². The van der Waals surface area contributed by atoms with Gasteiger partial charge in [0.15, 0.2) is 6.23 Å². The molecule has 1 fully saturated rings. The molecule has 4 atom stereocenters. The van der Waals surface area contributed by atoms with Crippen molar-refractivity contribution in [1.82, 2.24) is 9.55 Å². The molecule has 0 aromatic carbocycles. The van der Waals surface area contributed by atoms with Gasteiger partial charge in [-0.1, -0.05) is 23.8 Å². The van der Waals surface area contributed by atoms with Gasteiger partial charge < -0.3 is 25.8 Å². The van der Waals surface area contributed by atoms with Gasteiger partial charge in [0, 0.05) is 0 Å². The standard InChI is InChI=1S/C9H12ClN3O4S/c10-7-4(8(11)18)12-2-13(7)9-6(16)5(15)3(1-14)17-9/h2-3,5-6,9,14-16H,1H2,(H2,11,18)/t3-,5-,6-,9-/m1/s1. The Bertz CT molecular complexity index is 469. The maximum atomic E-state index is 9.83. The van der Waals surface area contributed by atoms with Crippen molar-refractivity contribution in [2.75, 3.05) is 6.61 Å². The molecule has 1 aliphatic rings. The average Bonchev–Trinajstić information content (AvgIpc) is 2.82. The van der Waals surface area contributed by atoms with Crippen LogP contribution in [-0.2, 0) is 4.74 Å². The minimum atomic E-state index is -1.23. The molecule has 9 heteroatoms. The van der Waals surface area contributed by atoms with Gasteiger partial charge in [-0.3, -0.25) is 4.57 Å². The summed E-state index contributed by atoms with van der Waals surface area (Å²) in [6.07, 6.45) is -2.95. The molecule has 0 radical (unpaired) electrons. The van der Waals surface area contributed by atoms with Crippen molar-refractivity contribution in [2.24, 2.45) is 5.73 Å². The first-order valence-electron chi connectivity index (χ1n) is 5.12. The Balaban J connectivity index is 2.30. The summed E-state index contributed by atoms with van der Waals surface area (Å²) in [7, 11) is 0. The van der Waals surface area contributed by atoms with Crippen LogP contribution in [0.2, 0.25) is 5.15 Å². The maximum absolute atomic E-state index is 9.83. The van der Waals surface area contributed by atoms with E-state index < -0.39 is 31.1 Å². The Kier molecular flexibility index (Phi) is 3.85. The van der Waals surface area contributed by atoms with E-state index in [1.807, 2.05) is 0 Å². The molecular formula is C9H12ClN3O4S. The van der Waals surface area contributed by atoms with Crippen LogP contribution in [0.25, 0.3) is 0 Å². The number of hydrogen-bond donors (Lipinski definition) is 4. The number of aliphatic hydroxyl groups excluding tert-OH is 3. The van der Waals surface area contributed by atoms with Crippen LogP contribution in [0.1, 0.15) is 11.9 Å². The largest absolute Gasteiger partial charge is 0.394 e. The van der Waals surface area contributed by atoms with Crippen molar-refractivity contribution in [3.8, 4) is 0 Å². The van der Waals surface area contributed by atoms with Gasteiger partial charge in [-0.25, -0.2) is 4.98 Å². The molecule has 5 N–H and O–H groups in total. The third-order valence-electron chi connectivity index (χ3n) is 2.76. The summed E-state index contributed by atoms with van der Waals surface area (Å²) in [5.41, 5.74) is 5.63. The van der Waals surface area contributed by atoms with Crippen LogP contribution in [0.5, 0.6) is 0 Å². The maximum Gasteiger partial charge on any atom is 0.165 e. The van der Waals surface area contributed by atoms with Crippen LogP contribution >= 0.6 is 23.8 Å². The Labute approximate surface area is 113 Å².